The van der Waals surface area contributed by atoms with Crippen LogP contribution < -0.4 is 5.32 Å². The monoisotopic (exact) mass is 479 g/mol. The summed E-state index contributed by atoms with van der Waals surface area (Å²) in [6.07, 6.45) is 0. The van der Waals surface area contributed by atoms with Crippen molar-refractivity contribution in [3.8, 4) is 22.3 Å². The Balaban J connectivity index is 1.53. The number of fused-ring (bicyclic) bond motifs is 5. The Kier molecular flexibility index (Phi) is 4.08. The molecule has 1 heterocycles. The minimum atomic E-state index is -0.0478. The number of hydrogen-bond donors (Lipinski definition) is 1. The molecule has 1 N–H and O–H groups in total. The summed E-state index contributed by atoms with van der Waals surface area (Å²) in [6, 6.07) is 29.1. The first-order valence-corrected chi connectivity index (χ1v) is 12.0. The molecule has 2 heteroatoms. The van der Waals surface area contributed by atoms with Crippen LogP contribution in [0.15, 0.2) is 83.3 Å². The summed E-state index contributed by atoms with van der Waals surface area (Å²) in [5, 5.41) is 3.73. The number of rotatable bonds is 1. The first-order chi connectivity index (χ1) is 15.3. The Morgan fingerprint density at radius 1 is 0.562 bits per heavy atom. The van der Waals surface area contributed by atoms with Gasteiger partial charge in [0.05, 0.1) is 0 Å². The van der Waals surface area contributed by atoms with Gasteiger partial charge in [-0.1, -0.05) is 86.1 Å². The first-order valence-electron chi connectivity index (χ1n) is 11.2. The number of benzene rings is 4. The van der Waals surface area contributed by atoms with E-state index in [4.69, 9.17) is 0 Å². The standard InChI is InChI=1S/C30H26BrN/c1-29(2)23-7-5-6-8-27(23)32-28-17-25-22(16-26(28)29)21-14-11-19(15-24(21)30(25,3)4)18-9-12-20(31)13-10-18/h5-17,32H,1-4H3. The van der Waals surface area contributed by atoms with E-state index in [0.717, 1.165) is 4.47 Å². The van der Waals surface area contributed by atoms with Gasteiger partial charge in [-0.05, 0) is 80.9 Å². The highest BCUT2D eigenvalue weighted by molar-refractivity contribution is 9.10. The number of halogens is 1. The molecule has 32 heavy (non-hydrogen) atoms. The van der Waals surface area contributed by atoms with E-state index in [0.29, 0.717) is 0 Å². The smallest absolute Gasteiger partial charge is 0.0429 e. The van der Waals surface area contributed by atoms with Crippen LogP contribution in [0.2, 0.25) is 0 Å². The molecule has 2 aliphatic rings. The molecule has 158 valence electrons. The SMILES string of the molecule is CC1(C)c2ccccc2Nc2cc3c(cc21)-c1ccc(-c2ccc(Br)cc2)cc1C3(C)C. The van der Waals surface area contributed by atoms with E-state index in [2.05, 4.69) is 128 Å². The Labute approximate surface area is 198 Å². The molecule has 0 saturated heterocycles. The molecule has 0 radical (unpaired) electrons. The van der Waals surface area contributed by atoms with Crippen molar-refractivity contribution in [2.24, 2.45) is 0 Å². The van der Waals surface area contributed by atoms with E-state index < -0.39 is 0 Å². The topological polar surface area (TPSA) is 12.0 Å². The van der Waals surface area contributed by atoms with Crippen molar-refractivity contribution >= 4 is 27.3 Å². The molecule has 0 amide bonds. The lowest BCUT2D eigenvalue weighted by Crippen LogP contribution is -2.26. The summed E-state index contributed by atoms with van der Waals surface area (Å²) in [4.78, 5) is 0. The fourth-order valence-electron chi connectivity index (χ4n) is 5.65. The molecule has 0 aromatic heterocycles. The van der Waals surface area contributed by atoms with Gasteiger partial charge in [-0.3, -0.25) is 0 Å². The first kappa shape index (κ1) is 19.8. The molecule has 0 unspecified atom stereocenters. The molecule has 0 fully saturated rings. The maximum absolute atomic E-state index is 3.73. The molecule has 1 aliphatic carbocycles. The molecule has 0 bridgehead atoms. The van der Waals surface area contributed by atoms with Crippen LogP contribution in [-0.4, -0.2) is 0 Å². The fraction of sp³-hybridized carbons (Fsp3) is 0.200. The van der Waals surface area contributed by atoms with Gasteiger partial charge >= 0.3 is 0 Å². The molecule has 1 aliphatic heterocycles. The predicted molar refractivity (Wildman–Crippen MR) is 139 cm³/mol. The molecule has 6 rings (SSSR count). The van der Waals surface area contributed by atoms with Crippen molar-refractivity contribution in [1.29, 1.82) is 0 Å². The maximum atomic E-state index is 3.73. The van der Waals surface area contributed by atoms with Crippen LogP contribution in [-0.2, 0) is 10.8 Å². The van der Waals surface area contributed by atoms with Gasteiger partial charge in [0, 0.05) is 26.7 Å². The summed E-state index contributed by atoms with van der Waals surface area (Å²) in [7, 11) is 0. The van der Waals surface area contributed by atoms with Gasteiger partial charge in [0.1, 0.15) is 0 Å². The number of para-hydroxylation sites is 1. The van der Waals surface area contributed by atoms with Crippen LogP contribution in [0.1, 0.15) is 49.9 Å². The summed E-state index contributed by atoms with van der Waals surface area (Å²) < 4.78 is 1.11. The van der Waals surface area contributed by atoms with Gasteiger partial charge in [0.25, 0.3) is 0 Å². The summed E-state index contributed by atoms with van der Waals surface area (Å²) >= 11 is 3.55. The third-order valence-electron chi connectivity index (χ3n) is 7.53. The number of hydrogen-bond acceptors (Lipinski definition) is 1. The predicted octanol–water partition coefficient (Wildman–Crippen LogP) is 8.81. The zero-order chi connectivity index (χ0) is 22.3. The van der Waals surface area contributed by atoms with E-state index in [1.807, 2.05) is 0 Å². The van der Waals surface area contributed by atoms with Gasteiger partial charge in [0.15, 0.2) is 0 Å². The van der Waals surface area contributed by atoms with E-state index in [-0.39, 0.29) is 10.8 Å². The second-order valence-corrected chi connectivity index (χ2v) is 11.0. The quantitative estimate of drug-likeness (QED) is 0.287. The molecule has 4 aromatic carbocycles. The summed E-state index contributed by atoms with van der Waals surface area (Å²) in [5.41, 5.74) is 13.2. The Morgan fingerprint density at radius 2 is 1.22 bits per heavy atom. The number of anilines is 2. The average Bonchev–Trinajstić information content (AvgIpc) is 3.00. The van der Waals surface area contributed by atoms with Crippen LogP contribution in [0.25, 0.3) is 22.3 Å². The van der Waals surface area contributed by atoms with Crippen LogP contribution in [0, 0.1) is 0 Å². The van der Waals surface area contributed by atoms with Crippen molar-refractivity contribution < 1.29 is 0 Å². The van der Waals surface area contributed by atoms with Crippen molar-refractivity contribution in [2.75, 3.05) is 5.32 Å². The van der Waals surface area contributed by atoms with Crippen molar-refractivity contribution in [3.05, 3.63) is 106 Å². The second-order valence-electron chi connectivity index (χ2n) is 10.1. The van der Waals surface area contributed by atoms with Crippen LogP contribution >= 0.6 is 15.9 Å². The zero-order valence-corrected chi connectivity index (χ0v) is 20.5. The molecule has 0 atom stereocenters. The van der Waals surface area contributed by atoms with Gasteiger partial charge in [-0.2, -0.15) is 0 Å². The highest BCUT2D eigenvalue weighted by atomic mass is 79.9. The number of nitrogens with one attached hydrogen (secondary N) is 1. The van der Waals surface area contributed by atoms with E-state index in [1.54, 1.807) is 0 Å². The van der Waals surface area contributed by atoms with Crippen molar-refractivity contribution in [1.82, 2.24) is 0 Å². The highest BCUT2D eigenvalue weighted by Gasteiger charge is 2.40. The maximum Gasteiger partial charge on any atom is 0.0429 e. The largest absolute Gasteiger partial charge is 0.355 e. The Bertz CT molecular complexity index is 1390. The van der Waals surface area contributed by atoms with E-state index in [9.17, 15) is 0 Å². The van der Waals surface area contributed by atoms with Gasteiger partial charge < -0.3 is 5.32 Å². The lowest BCUT2D eigenvalue weighted by Gasteiger charge is -2.36. The van der Waals surface area contributed by atoms with Gasteiger partial charge in [-0.25, -0.2) is 0 Å². The zero-order valence-electron chi connectivity index (χ0n) is 18.9. The van der Waals surface area contributed by atoms with Crippen molar-refractivity contribution in [3.63, 3.8) is 0 Å². The van der Waals surface area contributed by atoms with E-state index in [1.165, 1.54) is 55.9 Å². The van der Waals surface area contributed by atoms with Gasteiger partial charge in [0.2, 0.25) is 0 Å². The second kappa shape index (κ2) is 6.59. The highest BCUT2D eigenvalue weighted by Crippen LogP contribution is 2.54. The molecular weight excluding hydrogens is 454 g/mol. The molecule has 4 aromatic rings. The lowest BCUT2D eigenvalue weighted by atomic mass is 9.72. The summed E-state index contributed by atoms with van der Waals surface area (Å²) in [5.74, 6) is 0. The van der Waals surface area contributed by atoms with Crippen LogP contribution in [0.3, 0.4) is 0 Å². The molecule has 1 nitrogen and oxygen atoms in total. The minimum absolute atomic E-state index is 0.0452. The molecular formula is C30H26BrN. The summed E-state index contributed by atoms with van der Waals surface area (Å²) in [6.45, 7) is 9.40. The molecule has 0 spiro atoms. The Hall–Kier alpha value is -2.84. The lowest BCUT2D eigenvalue weighted by molar-refractivity contribution is 0.633. The minimum Gasteiger partial charge on any atom is -0.355 e. The van der Waals surface area contributed by atoms with Gasteiger partial charge in [-0.15, -0.1) is 0 Å². The molecule has 0 saturated carbocycles. The average molecular weight is 480 g/mol. The Morgan fingerprint density at radius 3 is 2.00 bits per heavy atom. The van der Waals surface area contributed by atoms with E-state index >= 15 is 0 Å². The van der Waals surface area contributed by atoms with Crippen molar-refractivity contribution in [2.45, 2.75) is 38.5 Å². The normalized spacial score (nSPS) is 16.4. The van der Waals surface area contributed by atoms with Crippen LogP contribution in [0.5, 0.6) is 0 Å². The fourth-order valence-corrected chi connectivity index (χ4v) is 5.91. The third kappa shape index (κ3) is 2.69. The van der Waals surface area contributed by atoms with Crippen LogP contribution in [0.4, 0.5) is 11.4 Å². The third-order valence-corrected chi connectivity index (χ3v) is 8.06.